The fraction of sp³-hybridized carbons (Fsp3) is 0.0769. The highest BCUT2D eigenvalue weighted by atomic mass is 79.9. The number of rotatable bonds is 4. The summed E-state index contributed by atoms with van der Waals surface area (Å²) in [5.74, 6) is 0.541. The molecule has 0 bridgehead atoms. The van der Waals surface area contributed by atoms with E-state index in [0.29, 0.717) is 26.0 Å². The van der Waals surface area contributed by atoms with E-state index in [1.54, 1.807) is 6.07 Å². The van der Waals surface area contributed by atoms with Gasteiger partial charge in [-0.25, -0.2) is 8.42 Å². The predicted molar refractivity (Wildman–Crippen MR) is 88.0 cm³/mol. The van der Waals surface area contributed by atoms with Crippen LogP contribution >= 0.6 is 39.1 Å². The smallest absolute Gasteiger partial charge is 0.261 e. The predicted octanol–water partition coefficient (Wildman–Crippen LogP) is 4.57. The van der Waals surface area contributed by atoms with Crippen LogP contribution in [0.15, 0.2) is 45.8 Å². The summed E-state index contributed by atoms with van der Waals surface area (Å²) in [6.45, 7) is 0. The molecule has 0 saturated heterocycles. The fourth-order valence-electron chi connectivity index (χ4n) is 1.64. The Morgan fingerprint density at radius 2 is 1.71 bits per heavy atom. The van der Waals surface area contributed by atoms with Crippen LogP contribution in [0.3, 0.4) is 0 Å². The van der Waals surface area contributed by atoms with Crippen LogP contribution in [0.5, 0.6) is 5.75 Å². The molecule has 21 heavy (non-hydrogen) atoms. The minimum absolute atomic E-state index is 0.0891. The maximum atomic E-state index is 12.3. The van der Waals surface area contributed by atoms with Crippen molar-refractivity contribution < 1.29 is 13.2 Å². The third-order valence-corrected chi connectivity index (χ3v) is 4.98. The summed E-state index contributed by atoms with van der Waals surface area (Å²) in [4.78, 5) is 0.0891. The van der Waals surface area contributed by atoms with Crippen LogP contribution in [0.2, 0.25) is 10.0 Å². The number of hydrogen-bond acceptors (Lipinski definition) is 3. The van der Waals surface area contributed by atoms with Crippen LogP contribution in [0.1, 0.15) is 0 Å². The van der Waals surface area contributed by atoms with E-state index in [1.807, 2.05) is 0 Å². The van der Waals surface area contributed by atoms with Gasteiger partial charge in [-0.05, 0) is 52.3 Å². The van der Waals surface area contributed by atoms with Gasteiger partial charge in [-0.1, -0.05) is 23.2 Å². The third-order valence-electron chi connectivity index (χ3n) is 2.55. The van der Waals surface area contributed by atoms with E-state index in [9.17, 15) is 8.42 Å². The number of hydrogen-bond donors (Lipinski definition) is 1. The Morgan fingerprint density at radius 1 is 1.10 bits per heavy atom. The summed E-state index contributed by atoms with van der Waals surface area (Å²) in [6.07, 6.45) is 0. The van der Waals surface area contributed by atoms with Crippen molar-refractivity contribution in [2.45, 2.75) is 4.90 Å². The number of sulfonamides is 1. The van der Waals surface area contributed by atoms with Gasteiger partial charge in [0.1, 0.15) is 5.75 Å². The zero-order chi connectivity index (χ0) is 15.6. The molecule has 4 nitrogen and oxygen atoms in total. The Bertz CT molecular complexity index is 761. The largest absolute Gasteiger partial charge is 0.496 e. The second-order valence-corrected chi connectivity index (χ2v) is 7.47. The summed E-state index contributed by atoms with van der Waals surface area (Å²) in [5.41, 5.74) is 0.291. The van der Waals surface area contributed by atoms with E-state index in [0.717, 1.165) is 0 Å². The van der Waals surface area contributed by atoms with E-state index in [2.05, 4.69) is 20.7 Å². The molecule has 0 atom stereocenters. The lowest BCUT2D eigenvalue weighted by Crippen LogP contribution is -2.13. The summed E-state index contributed by atoms with van der Waals surface area (Å²) >= 11 is 14.9. The van der Waals surface area contributed by atoms with Crippen LogP contribution in [0.25, 0.3) is 0 Å². The highest BCUT2D eigenvalue weighted by Crippen LogP contribution is 2.29. The third kappa shape index (κ3) is 4.03. The molecule has 0 spiro atoms. The normalized spacial score (nSPS) is 11.2. The number of nitrogens with one attached hydrogen (secondary N) is 1. The highest BCUT2D eigenvalue weighted by molar-refractivity contribution is 9.10. The first-order chi connectivity index (χ1) is 9.81. The monoisotopic (exact) mass is 409 g/mol. The SMILES string of the molecule is COc1ccc(S(=O)(=O)Nc2cc(Cl)cc(Cl)c2)cc1Br. The second kappa shape index (κ2) is 6.44. The van der Waals surface area contributed by atoms with Gasteiger partial charge in [0.25, 0.3) is 10.0 Å². The van der Waals surface area contributed by atoms with Crippen molar-refractivity contribution in [1.29, 1.82) is 0 Å². The number of halogens is 3. The molecule has 0 aliphatic heterocycles. The molecule has 0 aromatic heterocycles. The van der Waals surface area contributed by atoms with E-state index in [1.165, 1.54) is 37.4 Å². The van der Waals surface area contributed by atoms with Crippen LogP contribution in [0, 0.1) is 0 Å². The summed E-state index contributed by atoms with van der Waals surface area (Å²) in [6, 6.07) is 8.92. The molecule has 0 aliphatic rings. The van der Waals surface area contributed by atoms with Crippen molar-refractivity contribution in [3.8, 4) is 5.75 Å². The van der Waals surface area contributed by atoms with Gasteiger partial charge in [0.05, 0.1) is 22.2 Å². The lowest BCUT2D eigenvalue weighted by Gasteiger charge is -2.10. The molecule has 0 aliphatic carbocycles. The van der Waals surface area contributed by atoms with Gasteiger partial charge in [-0.2, -0.15) is 0 Å². The van der Waals surface area contributed by atoms with Crippen LogP contribution in [-0.4, -0.2) is 15.5 Å². The molecule has 0 radical (unpaired) electrons. The Balaban J connectivity index is 2.36. The van der Waals surface area contributed by atoms with Crippen molar-refractivity contribution in [1.82, 2.24) is 0 Å². The molecule has 2 rings (SSSR count). The average Bonchev–Trinajstić information content (AvgIpc) is 2.36. The molecule has 112 valence electrons. The zero-order valence-electron chi connectivity index (χ0n) is 10.7. The molecule has 0 unspecified atom stereocenters. The molecule has 0 amide bonds. The molecular formula is C13H10BrCl2NO3S. The van der Waals surface area contributed by atoms with E-state index in [-0.39, 0.29) is 4.90 Å². The number of methoxy groups -OCH3 is 1. The standard InChI is InChI=1S/C13H10BrCl2NO3S/c1-20-13-3-2-11(7-12(13)14)21(18,19)17-10-5-8(15)4-9(16)6-10/h2-7,17H,1H3. The van der Waals surface area contributed by atoms with Gasteiger partial charge < -0.3 is 4.74 Å². The van der Waals surface area contributed by atoms with Crippen molar-refractivity contribution in [3.05, 3.63) is 50.9 Å². The van der Waals surface area contributed by atoms with Crippen LogP contribution in [0.4, 0.5) is 5.69 Å². The molecule has 8 heteroatoms. The van der Waals surface area contributed by atoms with Gasteiger partial charge in [-0.3, -0.25) is 4.72 Å². The topological polar surface area (TPSA) is 55.4 Å². The number of ether oxygens (including phenoxy) is 1. The molecule has 0 fully saturated rings. The number of benzene rings is 2. The first kappa shape index (κ1) is 16.4. The van der Waals surface area contributed by atoms with Crippen molar-refractivity contribution in [3.63, 3.8) is 0 Å². The highest BCUT2D eigenvalue weighted by Gasteiger charge is 2.16. The minimum Gasteiger partial charge on any atom is -0.496 e. The Morgan fingerprint density at radius 3 is 2.24 bits per heavy atom. The van der Waals surface area contributed by atoms with E-state index < -0.39 is 10.0 Å². The molecular weight excluding hydrogens is 401 g/mol. The van der Waals surface area contributed by atoms with E-state index in [4.69, 9.17) is 27.9 Å². The first-order valence-corrected chi connectivity index (χ1v) is 8.67. The molecule has 2 aromatic rings. The van der Waals surface area contributed by atoms with Crippen molar-refractivity contribution in [2.75, 3.05) is 11.8 Å². The zero-order valence-corrected chi connectivity index (χ0v) is 14.6. The first-order valence-electron chi connectivity index (χ1n) is 5.64. The van der Waals surface area contributed by atoms with Gasteiger partial charge in [0.15, 0.2) is 0 Å². The van der Waals surface area contributed by atoms with E-state index >= 15 is 0 Å². The Labute approximate surface area is 141 Å². The van der Waals surface area contributed by atoms with Gasteiger partial charge in [0, 0.05) is 10.0 Å². The van der Waals surface area contributed by atoms with Crippen molar-refractivity contribution in [2.24, 2.45) is 0 Å². The quantitative estimate of drug-likeness (QED) is 0.803. The van der Waals surface area contributed by atoms with Crippen LogP contribution < -0.4 is 9.46 Å². The number of anilines is 1. The molecule has 0 heterocycles. The fourth-order valence-corrected chi connectivity index (χ4v) is 3.93. The molecule has 2 aromatic carbocycles. The Kier molecular flexibility index (Phi) is 5.03. The summed E-state index contributed by atoms with van der Waals surface area (Å²) in [7, 11) is -2.25. The lowest BCUT2D eigenvalue weighted by atomic mass is 10.3. The molecule has 0 saturated carbocycles. The summed E-state index contributed by atoms with van der Waals surface area (Å²) < 4.78 is 32.7. The summed E-state index contributed by atoms with van der Waals surface area (Å²) in [5, 5.41) is 0.687. The van der Waals surface area contributed by atoms with Crippen molar-refractivity contribution >= 4 is 54.8 Å². The van der Waals surface area contributed by atoms with Gasteiger partial charge >= 0.3 is 0 Å². The van der Waals surface area contributed by atoms with Gasteiger partial charge in [-0.15, -0.1) is 0 Å². The molecule has 1 N–H and O–H groups in total. The van der Waals surface area contributed by atoms with Gasteiger partial charge in [0.2, 0.25) is 0 Å². The van der Waals surface area contributed by atoms with Crippen LogP contribution in [-0.2, 0) is 10.0 Å². The second-order valence-electron chi connectivity index (χ2n) is 4.06. The minimum atomic E-state index is -3.75. The maximum absolute atomic E-state index is 12.3. The lowest BCUT2D eigenvalue weighted by molar-refractivity contribution is 0.411. The maximum Gasteiger partial charge on any atom is 0.261 e. The Hall–Kier alpha value is -0.950. The average molecular weight is 411 g/mol.